The maximum atomic E-state index is 13.0. The minimum absolute atomic E-state index is 0.0744. The van der Waals surface area contributed by atoms with Crippen molar-refractivity contribution in [1.82, 2.24) is 18.7 Å². The molecule has 0 aliphatic heterocycles. The monoisotopic (exact) mass is 475 g/mol. The molecule has 0 spiro atoms. The van der Waals surface area contributed by atoms with E-state index in [1.165, 1.54) is 42.8 Å². The zero-order chi connectivity index (χ0) is 23.6. The minimum Gasteiger partial charge on any atom is -0.319 e. The number of carbonyl (C=O) groups is 1. The van der Waals surface area contributed by atoms with Crippen LogP contribution in [0.15, 0.2) is 63.4 Å². The quantitative estimate of drug-likeness (QED) is 0.526. The van der Waals surface area contributed by atoms with Crippen LogP contribution in [0.5, 0.6) is 0 Å². The van der Waals surface area contributed by atoms with Crippen LogP contribution in [0, 0.1) is 6.92 Å². The molecule has 2 aromatic heterocycles. The Morgan fingerprint density at radius 3 is 2.38 bits per heavy atom. The summed E-state index contributed by atoms with van der Waals surface area (Å²) < 4.78 is 28.6. The number of aromatic nitrogens is 3. The van der Waals surface area contributed by atoms with Gasteiger partial charge in [-0.2, -0.15) is 0 Å². The molecule has 1 N–H and O–H groups in total. The van der Waals surface area contributed by atoms with Crippen molar-refractivity contribution in [3.63, 3.8) is 0 Å². The van der Waals surface area contributed by atoms with Gasteiger partial charge in [-0.15, -0.1) is 0 Å². The first-order valence-corrected chi connectivity index (χ1v) is 12.1. The number of pyridine rings is 1. The summed E-state index contributed by atoms with van der Waals surface area (Å²) in [6.07, 6.45) is 1.27. The lowest BCUT2D eigenvalue weighted by Crippen LogP contribution is -2.27. The van der Waals surface area contributed by atoms with E-state index in [2.05, 4.69) is 10.3 Å². The summed E-state index contributed by atoms with van der Waals surface area (Å²) in [5.41, 5.74) is 1.22. The topological polar surface area (TPSA) is 106 Å². The SMILES string of the molecule is Cc1c(NC(=O)C(C)Sc2ccc(S(=O)(=O)N(C)C)cn2)c(=O)n(-c2ccccc2)n1C. The number of hydrogen-bond acceptors (Lipinski definition) is 6. The molecule has 3 aromatic rings. The van der Waals surface area contributed by atoms with Crippen LogP contribution in [0.25, 0.3) is 5.69 Å². The number of sulfonamides is 1. The highest BCUT2D eigenvalue weighted by molar-refractivity contribution is 8.00. The van der Waals surface area contributed by atoms with Crippen LogP contribution in [0.4, 0.5) is 5.69 Å². The van der Waals surface area contributed by atoms with Crippen molar-refractivity contribution < 1.29 is 13.2 Å². The third-order valence-electron chi connectivity index (χ3n) is 4.96. The van der Waals surface area contributed by atoms with Gasteiger partial charge < -0.3 is 5.32 Å². The van der Waals surface area contributed by atoms with Gasteiger partial charge in [-0.05, 0) is 38.1 Å². The fourth-order valence-electron chi connectivity index (χ4n) is 2.97. The molecule has 0 radical (unpaired) electrons. The van der Waals surface area contributed by atoms with Crippen molar-refractivity contribution in [2.75, 3.05) is 19.4 Å². The standard InChI is InChI=1S/C21H25N5O4S2/c1-14-19(21(28)26(25(14)5)16-9-7-6-8-10-16)23-20(27)15(2)31-18-12-11-17(13-22-18)32(29,30)24(3)4/h6-13,15H,1-5H3,(H,23,27). The van der Waals surface area contributed by atoms with E-state index in [1.807, 2.05) is 30.3 Å². The summed E-state index contributed by atoms with van der Waals surface area (Å²) >= 11 is 1.17. The minimum atomic E-state index is -3.57. The Bertz CT molecular complexity index is 1280. The van der Waals surface area contributed by atoms with Gasteiger partial charge in [-0.1, -0.05) is 30.0 Å². The van der Waals surface area contributed by atoms with Crippen LogP contribution in [0.1, 0.15) is 12.6 Å². The van der Waals surface area contributed by atoms with Gasteiger partial charge in [0.15, 0.2) is 0 Å². The van der Waals surface area contributed by atoms with Crippen molar-refractivity contribution in [1.29, 1.82) is 0 Å². The molecular formula is C21H25N5O4S2. The molecule has 2 heterocycles. The van der Waals surface area contributed by atoms with E-state index in [9.17, 15) is 18.0 Å². The van der Waals surface area contributed by atoms with Crippen LogP contribution in [-0.4, -0.2) is 52.3 Å². The molecular weight excluding hydrogens is 450 g/mol. The predicted octanol–water partition coefficient (Wildman–Crippen LogP) is 2.25. The number of anilines is 1. The van der Waals surface area contributed by atoms with Crippen molar-refractivity contribution in [3.05, 3.63) is 64.7 Å². The summed E-state index contributed by atoms with van der Waals surface area (Å²) in [6.45, 7) is 3.46. The van der Waals surface area contributed by atoms with Crippen molar-refractivity contribution in [2.45, 2.75) is 29.0 Å². The van der Waals surface area contributed by atoms with E-state index < -0.39 is 15.3 Å². The Morgan fingerprint density at radius 1 is 1.16 bits per heavy atom. The molecule has 9 nitrogen and oxygen atoms in total. The zero-order valence-electron chi connectivity index (χ0n) is 18.4. The second-order valence-corrected chi connectivity index (χ2v) is 10.8. The van der Waals surface area contributed by atoms with Gasteiger partial charge in [0.25, 0.3) is 5.56 Å². The molecule has 3 rings (SSSR count). The summed E-state index contributed by atoms with van der Waals surface area (Å²) in [7, 11) is 1.08. The maximum Gasteiger partial charge on any atom is 0.295 e. The average Bonchev–Trinajstić information content (AvgIpc) is 2.97. The second-order valence-electron chi connectivity index (χ2n) is 7.31. The lowest BCUT2D eigenvalue weighted by molar-refractivity contribution is -0.115. The third-order valence-corrected chi connectivity index (χ3v) is 7.81. The number of amides is 1. The fraction of sp³-hybridized carbons (Fsp3) is 0.286. The average molecular weight is 476 g/mol. The second kappa shape index (κ2) is 9.31. The highest BCUT2D eigenvalue weighted by Gasteiger charge is 2.22. The van der Waals surface area contributed by atoms with Gasteiger partial charge in [0.1, 0.15) is 10.6 Å². The highest BCUT2D eigenvalue weighted by atomic mass is 32.2. The van der Waals surface area contributed by atoms with E-state index in [-0.39, 0.29) is 22.0 Å². The molecule has 0 aliphatic carbocycles. The molecule has 170 valence electrons. The third kappa shape index (κ3) is 4.64. The Balaban J connectivity index is 1.76. The van der Waals surface area contributed by atoms with Gasteiger partial charge in [-0.3, -0.25) is 14.3 Å². The Morgan fingerprint density at radius 2 is 1.81 bits per heavy atom. The normalized spacial score (nSPS) is 12.7. The molecule has 11 heteroatoms. The van der Waals surface area contributed by atoms with Gasteiger partial charge in [0, 0.05) is 27.3 Å². The molecule has 32 heavy (non-hydrogen) atoms. The lowest BCUT2D eigenvalue weighted by atomic mass is 10.3. The summed E-state index contributed by atoms with van der Waals surface area (Å²) in [5, 5.41) is 2.67. The number of benzene rings is 1. The Labute approximate surface area is 191 Å². The number of para-hydroxylation sites is 1. The predicted molar refractivity (Wildman–Crippen MR) is 125 cm³/mol. The maximum absolute atomic E-state index is 13.0. The number of carbonyl (C=O) groups excluding carboxylic acids is 1. The van der Waals surface area contributed by atoms with E-state index >= 15 is 0 Å². The van der Waals surface area contributed by atoms with E-state index in [0.717, 1.165) is 4.31 Å². The van der Waals surface area contributed by atoms with E-state index in [1.54, 1.807) is 31.6 Å². The number of thioether (sulfide) groups is 1. The van der Waals surface area contributed by atoms with Gasteiger partial charge >= 0.3 is 0 Å². The van der Waals surface area contributed by atoms with Crippen LogP contribution in [0.2, 0.25) is 0 Å². The van der Waals surface area contributed by atoms with Crippen molar-refractivity contribution in [3.8, 4) is 5.69 Å². The van der Waals surface area contributed by atoms with Gasteiger partial charge in [0.05, 0.1) is 21.7 Å². The molecule has 1 aromatic carbocycles. The van der Waals surface area contributed by atoms with E-state index in [0.29, 0.717) is 16.4 Å². The first-order valence-electron chi connectivity index (χ1n) is 9.74. The van der Waals surface area contributed by atoms with Crippen molar-refractivity contribution in [2.24, 2.45) is 7.05 Å². The smallest absolute Gasteiger partial charge is 0.295 e. The zero-order valence-corrected chi connectivity index (χ0v) is 20.1. The first-order chi connectivity index (χ1) is 15.0. The first kappa shape index (κ1) is 23.8. The molecule has 0 saturated carbocycles. The molecule has 1 atom stereocenters. The molecule has 0 fully saturated rings. The van der Waals surface area contributed by atoms with Crippen LogP contribution in [0.3, 0.4) is 0 Å². The van der Waals surface area contributed by atoms with Crippen LogP contribution >= 0.6 is 11.8 Å². The lowest BCUT2D eigenvalue weighted by Gasteiger charge is -2.13. The van der Waals surface area contributed by atoms with Crippen LogP contribution in [-0.2, 0) is 21.9 Å². The summed E-state index contributed by atoms with van der Waals surface area (Å²) in [4.78, 5) is 30.0. The number of hydrogen-bond donors (Lipinski definition) is 1. The van der Waals surface area contributed by atoms with Crippen molar-refractivity contribution >= 4 is 33.4 Å². The largest absolute Gasteiger partial charge is 0.319 e. The molecule has 0 aliphatic rings. The summed E-state index contributed by atoms with van der Waals surface area (Å²) in [6, 6.07) is 12.2. The fourth-order valence-corrected chi connectivity index (χ4v) is 4.61. The summed E-state index contributed by atoms with van der Waals surface area (Å²) in [5.74, 6) is -0.354. The molecule has 0 saturated heterocycles. The number of nitrogens with one attached hydrogen (secondary N) is 1. The van der Waals surface area contributed by atoms with E-state index in [4.69, 9.17) is 0 Å². The number of nitrogens with zero attached hydrogens (tertiary/aromatic N) is 4. The highest BCUT2D eigenvalue weighted by Crippen LogP contribution is 2.24. The van der Waals surface area contributed by atoms with Gasteiger partial charge in [-0.25, -0.2) is 22.4 Å². The molecule has 1 amide bonds. The Hall–Kier alpha value is -2.89. The number of rotatable bonds is 7. The molecule has 0 bridgehead atoms. The van der Waals surface area contributed by atoms with Crippen LogP contribution < -0.4 is 10.9 Å². The molecule has 1 unspecified atom stereocenters. The van der Waals surface area contributed by atoms with Gasteiger partial charge in [0.2, 0.25) is 15.9 Å². The Kier molecular flexibility index (Phi) is 6.91.